The number of alkyl halides is 1. The van der Waals surface area contributed by atoms with Crippen molar-refractivity contribution in [1.29, 1.82) is 0 Å². The lowest BCUT2D eigenvalue weighted by atomic mass is 10.1. The number of fused-ring (bicyclic) bond motifs is 1. The molecule has 0 fully saturated rings. The van der Waals surface area contributed by atoms with E-state index in [-0.39, 0.29) is 5.38 Å². The van der Waals surface area contributed by atoms with E-state index in [4.69, 9.17) is 16.3 Å². The second-order valence-corrected chi connectivity index (χ2v) is 5.26. The van der Waals surface area contributed by atoms with Crippen molar-refractivity contribution in [3.63, 3.8) is 0 Å². The number of methoxy groups -OCH3 is 1. The van der Waals surface area contributed by atoms with Gasteiger partial charge in [-0.25, -0.2) is 9.97 Å². The molecule has 0 bridgehead atoms. The van der Waals surface area contributed by atoms with Crippen LogP contribution in [0, 0.1) is 0 Å². The molecule has 1 heterocycles. The van der Waals surface area contributed by atoms with E-state index in [0.717, 1.165) is 18.7 Å². The summed E-state index contributed by atoms with van der Waals surface area (Å²) < 4.78 is 5.02. The smallest absolute Gasteiger partial charge is 0.132 e. The second-order valence-electron chi connectivity index (χ2n) is 4.64. The molecule has 1 unspecified atom stereocenters. The number of halogens is 1. The van der Waals surface area contributed by atoms with E-state index in [1.807, 2.05) is 0 Å². The normalized spacial score (nSPS) is 16.8. The SMILES string of the molecule is COCC(Cl)CNc1ncnc2c1CCCCC2. The van der Waals surface area contributed by atoms with Crippen LogP contribution in [0.15, 0.2) is 6.33 Å². The van der Waals surface area contributed by atoms with E-state index in [9.17, 15) is 0 Å². The standard InChI is InChI=1S/C13H20ClN3O/c1-18-8-10(14)7-15-13-11-5-3-2-4-6-12(11)16-9-17-13/h9-10H,2-8H2,1H3,(H,15,16,17). The molecule has 0 saturated carbocycles. The Morgan fingerprint density at radius 1 is 1.33 bits per heavy atom. The fraction of sp³-hybridized carbons (Fsp3) is 0.692. The topological polar surface area (TPSA) is 47.0 Å². The van der Waals surface area contributed by atoms with E-state index in [0.29, 0.717) is 13.2 Å². The predicted molar refractivity (Wildman–Crippen MR) is 73.3 cm³/mol. The van der Waals surface area contributed by atoms with Gasteiger partial charge in [0, 0.05) is 24.9 Å². The first-order chi connectivity index (χ1) is 8.81. The van der Waals surface area contributed by atoms with Crippen LogP contribution in [0.1, 0.15) is 30.5 Å². The van der Waals surface area contributed by atoms with E-state index in [2.05, 4.69) is 15.3 Å². The molecule has 1 atom stereocenters. The zero-order valence-electron chi connectivity index (χ0n) is 10.8. The van der Waals surface area contributed by atoms with Gasteiger partial charge in [0.05, 0.1) is 12.0 Å². The fourth-order valence-electron chi connectivity index (χ4n) is 2.30. The number of aromatic nitrogens is 2. The number of hydrogen-bond acceptors (Lipinski definition) is 4. The molecule has 0 amide bonds. The maximum atomic E-state index is 6.12. The first-order valence-electron chi connectivity index (χ1n) is 6.51. The van der Waals surface area contributed by atoms with Crippen molar-refractivity contribution in [2.75, 3.05) is 25.6 Å². The molecule has 0 aromatic carbocycles. The number of nitrogens with one attached hydrogen (secondary N) is 1. The monoisotopic (exact) mass is 269 g/mol. The van der Waals surface area contributed by atoms with Gasteiger partial charge in [-0.05, 0) is 25.7 Å². The zero-order chi connectivity index (χ0) is 12.8. The average molecular weight is 270 g/mol. The summed E-state index contributed by atoms with van der Waals surface area (Å²) >= 11 is 6.12. The van der Waals surface area contributed by atoms with Crippen LogP contribution in [-0.2, 0) is 17.6 Å². The molecule has 0 aliphatic heterocycles. The molecule has 100 valence electrons. The van der Waals surface area contributed by atoms with Crippen molar-refractivity contribution in [2.24, 2.45) is 0 Å². The average Bonchev–Trinajstić information content (AvgIpc) is 2.62. The highest BCUT2D eigenvalue weighted by Gasteiger charge is 2.14. The van der Waals surface area contributed by atoms with E-state index >= 15 is 0 Å². The zero-order valence-corrected chi connectivity index (χ0v) is 11.5. The van der Waals surface area contributed by atoms with Gasteiger partial charge < -0.3 is 10.1 Å². The molecule has 1 aliphatic rings. The summed E-state index contributed by atoms with van der Waals surface area (Å²) in [6.07, 6.45) is 7.50. The highest BCUT2D eigenvalue weighted by molar-refractivity contribution is 6.21. The van der Waals surface area contributed by atoms with Crippen LogP contribution in [0.5, 0.6) is 0 Å². The van der Waals surface area contributed by atoms with Crippen LogP contribution in [0.4, 0.5) is 5.82 Å². The number of anilines is 1. The number of hydrogen-bond donors (Lipinski definition) is 1. The molecular formula is C13H20ClN3O. The third-order valence-corrected chi connectivity index (χ3v) is 3.49. The van der Waals surface area contributed by atoms with E-state index in [1.54, 1.807) is 13.4 Å². The number of rotatable bonds is 5. The molecule has 0 spiro atoms. The molecule has 0 saturated heterocycles. The quantitative estimate of drug-likeness (QED) is 0.659. The summed E-state index contributed by atoms with van der Waals surface area (Å²) in [4.78, 5) is 8.74. The minimum Gasteiger partial charge on any atom is -0.383 e. The van der Waals surface area contributed by atoms with Gasteiger partial charge in [0.15, 0.2) is 0 Å². The highest BCUT2D eigenvalue weighted by Crippen LogP contribution is 2.23. The Hall–Kier alpha value is -0.870. The molecule has 1 aromatic heterocycles. The Balaban J connectivity index is 2.04. The van der Waals surface area contributed by atoms with Gasteiger partial charge in [-0.15, -0.1) is 11.6 Å². The minimum atomic E-state index is -0.0357. The summed E-state index contributed by atoms with van der Waals surface area (Å²) in [6, 6.07) is 0. The van der Waals surface area contributed by atoms with Crippen molar-refractivity contribution in [3.05, 3.63) is 17.6 Å². The van der Waals surface area contributed by atoms with Crippen LogP contribution in [0.2, 0.25) is 0 Å². The van der Waals surface area contributed by atoms with Gasteiger partial charge >= 0.3 is 0 Å². The molecule has 18 heavy (non-hydrogen) atoms. The number of aryl methyl sites for hydroxylation is 1. The van der Waals surface area contributed by atoms with Gasteiger partial charge in [-0.2, -0.15) is 0 Å². The van der Waals surface area contributed by atoms with Crippen LogP contribution >= 0.6 is 11.6 Å². The molecule has 4 nitrogen and oxygen atoms in total. The third kappa shape index (κ3) is 3.56. The Morgan fingerprint density at radius 2 is 2.17 bits per heavy atom. The highest BCUT2D eigenvalue weighted by atomic mass is 35.5. The fourth-order valence-corrected chi connectivity index (χ4v) is 2.50. The Morgan fingerprint density at radius 3 is 3.00 bits per heavy atom. The van der Waals surface area contributed by atoms with Crippen molar-refractivity contribution >= 4 is 17.4 Å². The Bertz CT molecular complexity index is 386. The molecule has 1 aliphatic carbocycles. The van der Waals surface area contributed by atoms with Crippen molar-refractivity contribution in [1.82, 2.24) is 9.97 Å². The van der Waals surface area contributed by atoms with Crippen molar-refractivity contribution in [2.45, 2.75) is 37.5 Å². The van der Waals surface area contributed by atoms with Gasteiger partial charge in [-0.1, -0.05) is 6.42 Å². The maximum Gasteiger partial charge on any atom is 0.132 e. The molecule has 1 N–H and O–H groups in total. The molecule has 5 heteroatoms. The van der Waals surface area contributed by atoms with Crippen LogP contribution in [0.3, 0.4) is 0 Å². The summed E-state index contributed by atoms with van der Waals surface area (Å²) in [5.74, 6) is 0.948. The molecule has 2 rings (SSSR count). The van der Waals surface area contributed by atoms with Gasteiger partial charge in [0.25, 0.3) is 0 Å². The maximum absolute atomic E-state index is 6.12. The lowest BCUT2D eigenvalue weighted by Crippen LogP contribution is -2.20. The lowest BCUT2D eigenvalue weighted by Gasteiger charge is -2.14. The van der Waals surface area contributed by atoms with Crippen LogP contribution < -0.4 is 5.32 Å². The minimum absolute atomic E-state index is 0.0357. The lowest BCUT2D eigenvalue weighted by molar-refractivity contribution is 0.200. The predicted octanol–water partition coefficient (Wildman–Crippen LogP) is 2.41. The first kappa shape index (κ1) is 13.6. The van der Waals surface area contributed by atoms with Crippen molar-refractivity contribution in [3.8, 4) is 0 Å². The third-order valence-electron chi connectivity index (χ3n) is 3.21. The summed E-state index contributed by atoms with van der Waals surface area (Å²) in [5.41, 5.74) is 2.47. The van der Waals surface area contributed by atoms with Gasteiger partial charge in [0.1, 0.15) is 12.1 Å². The number of nitrogens with zero attached hydrogens (tertiary/aromatic N) is 2. The second kappa shape index (κ2) is 6.90. The Kier molecular flexibility index (Phi) is 5.20. The van der Waals surface area contributed by atoms with Gasteiger partial charge in [0.2, 0.25) is 0 Å². The van der Waals surface area contributed by atoms with E-state index < -0.39 is 0 Å². The first-order valence-corrected chi connectivity index (χ1v) is 6.94. The summed E-state index contributed by atoms with van der Waals surface area (Å²) in [5, 5.41) is 3.29. The Labute approximate surface area is 113 Å². The van der Waals surface area contributed by atoms with Crippen LogP contribution in [0.25, 0.3) is 0 Å². The van der Waals surface area contributed by atoms with Crippen molar-refractivity contribution < 1.29 is 4.74 Å². The van der Waals surface area contributed by atoms with Gasteiger partial charge in [-0.3, -0.25) is 0 Å². The molecule has 1 aromatic rings. The van der Waals surface area contributed by atoms with E-state index in [1.165, 1.54) is 30.5 Å². The number of ether oxygens (including phenoxy) is 1. The molecular weight excluding hydrogens is 250 g/mol. The van der Waals surface area contributed by atoms with Crippen LogP contribution in [-0.4, -0.2) is 35.6 Å². The molecule has 0 radical (unpaired) electrons. The summed E-state index contributed by atoms with van der Waals surface area (Å²) in [7, 11) is 1.66. The summed E-state index contributed by atoms with van der Waals surface area (Å²) in [6.45, 7) is 1.21. The largest absolute Gasteiger partial charge is 0.383 e.